The molecule has 21 heavy (non-hydrogen) atoms. The first kappa shape index (κ1) is 17.5. The maximum atomic E-state index is 11.7. The number of aryl methyl sites for hydroxylation is 1. The van der Waals surface area contributed by atoms with Crippen molar-refractivity contribution in [3.05, 3.63) is 29.3 Å². The molecule has 0 bridgehead atoms. The van der Waals surface area contributed by atoms with Gasteiger partial charge in [-0.3, -0.25) is 4.79 Å². The lowest BCUT2D eigenvalue weighted by atomic mass is 10.0. The van der Waals surface area contributed by atoms with Crippen molar-refractivity contribution >= 4 is 5.91 Å². The van der Waals surface area contributed by atoms with Gasteiger partial charge in [-0.2, -0.15) is 0 Å². The third-order valence-electron chi connectivity index (χ3n) is 3.50. The van der Waals surface area contributed by atoms with Crippen molar-refractivity contribution in [2.75, 3.05) is 13.2 Å². The fraction of sp³-hybridized carbons (Fsp3) is 0.588. The highest BCUT2D eigenvalue weighted by molar-refractivity contribution is 5.77. The summed E-state index contributed by atoms with van der Waals surface area (Å²) in [5, 5.41) is 2.86. The van der Waals surface area contributed by atoms with Gasteiger partial charge in [0, 0.05) is 12.6 Å². The van der Waals surface area contributed by atoms with Crippen molar-refractivity contribution in [3.8, 4) is 5.75 Å². The molecule has 0 aliphatic heterocycles. The van der Waals surface area contributed by atoms with E-state index >= 15 is 0 Å². The van der Waals surface area contributed by atoms with Crippen LogP contribution in [0.25, 0.3) is 0 Å². The molecule has 0 aliphatic carbocycles. The van der Waals surface area contributed by atoms with E-state index in [9.17, 15) is 4.79 Å². The number of hydrogen-bond donors (Lipinski definition) is 2. The van der Waals surface area contributed by atoms with E-state index in [1.807, 2.05) is 25.1 Å². The van der Waals surface area contributed by atoms with E-state index in [1.165, 1.54) is 0 Å². The number of nitrogens with one attached hydrogen (secondary N) is 1. The standard InChI is InChI=1S/C17H28N2O2/c1-4-6-10-19-16(20)12-21-17-13(3)8-7-9-14(17)11-15(18)5-2/h7-9,15H,4-6,10-12,18H2,1-3H3,(H,19,20). The van der Waals surface area contributed by atoms with Gasteiger partial charge in [0.05, 0.1) is 0 Å². The van der Waals surface area contributed by atoms with Gasteiger partial charge in [-0.05, 0) is 37.3 Å². The molecule has 1 amide bonds. The third kappa shape index (κ3) is 6.17. The largest absolute Gasteiger partial charge is 0.483 e. The van der Waals surface area contributed by atoms with Crippen LogP contribution in [0.3, 0.4) is 0 Å². The summed E-state index contributed by atoms with van der Waals surface area (Å²) in [7, 11) is 0. The second kappa shape index (κ2) is 9.40. The molecule has 0 fully saturated rings. The molecule has 3 N–H and O–H groups in total. The van der Waals surface area contributed by atoms with Crippen molar-refractivity contribution in [1.82, 2.24) is 5.32 Å². The summed E-state index contributed by atoms with van der Waals surface area (Å²) in [6, 6.07) is 6.13. The predicted molar refractivity (Wildman–Crippen MR) is 86.6 cm³/mol. The Morgan fingerprint density at radius 2 is 2.14 bits per heavy atom. The van der Waals surface area contributed by atoms with Gasteiger partial charge in [-0.1, -0.05) is 38.5 Å². The van der Waals surface area contributed by atoms with E-state index < -0.39 is 0 Å². The average molecular weight is 292 g/mol. The van der Waals surface area contributed by atoms with E-state index in [0.29, 0.717) is 6.54 Å². The monoisotopic (exact) mass is 292 g/mol. The van der Waals surface area contributed by atoms with Crippen LogP contribution in [0.4, 0.5) is 0 Å². The van der Waals surface area contributed by atoms with Gasteiger partial charge >= 0.3 is 0 Å². The van der Waals surface area contributed by atoms with Crippen LogP contribution in [0.5, 0.6) is 5.75 Å². The first-order chi connectivity index (χ1) is 10.1. The molecule has 1 unspecified atom stereocenters. The lowest BCUT2D eigenvalue weighted by Crippen LogP contribution is -2.30. The van der Waals surface area contributed by atoms with Crippen molar-refractivity contribution in [1.29, 1.82) is 0 Å². The number of nitrogens with two attached hydrogens (primary N) is 1. The Balaban J connectivity index is 2.62. The molecular weight excluding hydrogens is 264 g/mol. The molecule has 118 valence electrons. The molecule has 0 saturated carbocycles. The molecule has 4 heteroatoms. The second-order valence-electron chi connectivity index (χ2n) is 5.43. The topological polar surface area (TPSA) is 64.3 Å². The average Bonchev–Trinajstić information content (AvgIpc) is 2.46. The minimum atomic E-state index is -0.0718. The molecule has 1 rings (SSSR count). The number of carbonyl (C=O) groups excluding carboxylic acids is 1. The zero-order valence-corrected chi connectivity index (χ0v) is 13.4. The second-order valence-corrected chi connectivity index (χ2v) is 5.43. The summed E-state index contributed by atoms with van der Waals surface area (Å²) in [4.78, 5) is 11.7. The van der Waals surface area contributed by atoms with Gasteiger partial charge < -0.3 is 15.8 Å². The molecule has 1 aromatic rings. The van der Waals surface area contributed by atoms with Crippen LogP contribution in [0.15, 0.2) is 18.2 Å². The molecule has 0 spiro atoms. The fourth-order valence-corrected chi connectivity index (χ4v) is 2.10. The van der Waals surface area contributed by atoms with Crippen molar-refractivity contribution < 1.29 is 9.53 Å². The highest BCUT2D eigenvalue weighted by atomic mass is 16.5. The molecule has 0 saturated heterocycles. The van der Waals surface area contributed by atoms with Gasteiger partial charge in [0.2, 0.25) is 0 Å². The van der Waals surface area contributed by atoms with Crippen LogP contribution < -0.4 is 15.8 Å². The third-order valence-corrected chi connectivity index (χ3v) is 3.50. The number of rotatable bonds is 9. The molecule has 0 heterocycles. The maximum Gasteiger partial charge on any atom is 0.257 e. The van der Waals surface area contributed by atoms with E-state index in [1.54, 1.807) is 0 Å². The maximum absolute atomic E-state index is 11.7. The van der Waals surface area contributed by atoms with Crippen LogP contribution in [-0.4, -0.2) is 25.1 Å². The summed E-state index contributed by atoms with van der Waals surface area (Å²) < 4.78 is 5.74. The van der Waals surface area contributed by atoms with Crippen molar-refractivity contribution in [2.24, 2.45) is 5.73 Å². The summed E-state index contributed by atoms with van der Waals surface area (Å²) in [5.74, 6) is 0.726. The smallest absolute Gasteiger partial charge is 0.257 e. The van der Waals surface area contributed by atoms with Gasteiger partial charge in [0.1, 0.15) is 5.75 Å². The fourth-order valence-electron chi connectivity index (χ4n) is 2.10. The Bertz CT molecular complexity index is 446. The zero-order valence-electron chi connectivity index (χ0n) is 13.4. The molecule has 0 aliphatic rings. The van der Waals surface area contributed by atoms with Gasteiger partial charge in [0.25, 0.3) is 5.91 Å². The molecule has 0 aromatic heterocycles. The molecule has 1 aromatic carbocycles. The van der Waals surface area contributed by atoms with Crippen LogP contribution in [-0.2, 0) is 11.2 Å². The van der Waals surface area contributed by atoms with Crippen molar-refractivity contribution in [3.63, 3.8) is 0 Å². The number of benzene rings is 1. The summed E-state index contributed by atoms with van der Waals surface area (Å²) in [5.41, 5.74) is 8.14. The number of hydrogen-bond acceptors (Lipinski definition) is 3. The van der Waals surface area contributed by atoms with Gasteiger partial charge in [-0.25, -0.2) is 0 Å². The highest BCUT2D eigenvalue weighted by Crippen LogP contribution is 2.24. The normalized spacial score (nSPS) is 12.0. The lowest BCUT2D eigenvalue weighted by molar-refractivity contribution is -0.123. The first-order valence-electron chi connectivity index (χ1n) is 7.82. The van der Waals surface area contributed by atoms with E-state index in [2.05, 4.69) is 19.2 Å². The molecule has 0 radical (unpaired) electrons. The predicted octanol–water partition coefficient (Wildman–Crippen LogP) is 2.57. The van der Waals surface area contributed by atoms with Gasteiger partial charge in [-0.15, -0.1) is 0 Å². The quantitative estimate of drug-likeness (QED) is 0.688. The SMILES string of the molecule is CCCCNC(=O)COc1c(C)cccc1CC(N)CC. The van der Waals surface area contributed by atoms with E-state index in [-0.39, 0.29) is 18.6 Å². The summed E-state index contributed by atoms with van der Waals surface area (Å²) in [6.07, 6.45) is 3.75. The number of amides is 1. The molecule has 4 nitrogen and oxygen atoms in total. The van der Waals surface area contributed by atoms with Crippen LogP contribution in [0.1, 0.15) is 44.2 Å². The Morgan fingerprint density at radius 3 is 2.81 bits per heavy atom. The van der Waals surface area contributed by atoms with Crippen LogP contribution in [0.2, 0.25) is 0 Å². The summed E-state index contributed by atoms with van der Waals surface area (Å²) >= 11 is 0. The Morgan fingerprint density at radius 1 is 1.38 bits per heavy atom. The number of ether oxygens (including phenoxy) is 1. The van der Waals surface area contributed by atoms with Crippen LogP contribution >= 0.6 is 0 Å². The molecular formula is C17H28N2O2. The minimum Gasteiger partial charge on any atom is -0.483 e. The van der Waals surface area contributed by atoms with Gasteiger partial charge in [0.15, 0.2) is 6.61 Å². The molecule has 1 atom stereocenters. The zero-order chi connectivity index (χ0) is 15.7. The summed E-state index contributed by atoms with van der Waals surface area (Å²) in [6.45, 7) is 6.93. The number of unbranched alkanes of at least 4 members (excludes halogenated alkanes) is 1. The number of carbonyl (C=O) groups is 1. The highest BCUT2D eigenvalue weighted by Gasteiger charge is 2.11. The number of para-hydroxylation sites is 1. The lowest BCUT2D eigenvalue weighted by Gasteiger charge is -2.16. The Hall–Kier alpha value is -1.55. The minimum absolute atomic E-state index is 0.0585. The van der Waals surface area contributed by atoms with E-state index in [0.717, 1.165) is 42.6 Å². The Labute approximate surface area is 128 Å². The first-order valence-corrected chi connectivity index (χ1v) is 7.82. The van der Waals surface area contributed by atoms with Crippen LogP contribution in [0, 0.1) is 6.92 Å². The van der Waals surface area contributed by atoms with Crippen molar-refractivity contribution in [2.45, 2.75) is 52.5 Å². The van der Waals surface area contributed by atoms with E-state index in [4.69, 9.17) is 10.5 Å². The Kier molecular flexibility index (Phi) is 7.83.